The van der Waals surface area contributed by atoms with Crippen molar-refractivity contribution in [3.63, 3.8) is 0 Å². The minimum atomic E-state index is -0.884. The highest BCUT2D eigenvalue weighted by Gasteiger charge is 2.55. The maximum atomic E-state index is 12.7. The Morgan fingerprint density at radius 3 is 2.75 bits per heavy atom. The van der Waals surface area contributed by atoms with Crippen molar-refractivity contribution in [2.75, 3.05) is 26.3 Å². The number of carboxylic acids is 1. The van der Waals surface area contributed by atoms with Crippen molar-refractivity contribution >= 4 is 27.8 Å². The van der Waals surface area contributed by atoms with Crippen LogP contribution in [0.2, 0.25) is 0 Å². The van der Waals surface area contributed by atoms with E-state index in [1.807, 2.05) is 12.1 Å². The summed E-state index contributed by atoms with van der Waals surface area (Å²) in [5, 5.41) is 9.67. The molecule has 0 radical (unpaired) electrons. The van der Waals surface area contributed by atoms with Crippen molar-refractivity contribution in [1.82, 2.24) is 4.90 Å². The molecular weight excluding hydrogens is 378 g/mol. The monoisotopic (exact) mass is 397 g/mol. The lowest BCUT2D eigenvalue weighted by atomic mass is 9.74. The first kappa shape index (κ1) is 17.2. The maximum Gasteiger partial charge on any atom is 0.311 e. The maximum absolute atomic E-state index is 12.7. The van der Waals surface area contributed by atoms with Gasteiger partial charge in [-0.15, -0.1) is 0 Å². The Labute approximate surface area is 148 Å². The highest BCUT2D eigenvalue weighted by molar-refractivity contribution is 9.10. The van der Waals surface area contributed by atoms with Gasteiger partial charge in [-0.05, 0) is 37.6 Å². The number of carbonyl (C=O) groups is 2. The van der Waals surface area contributed by atoms with Crippen molar-refractivity contribution in [3.05, 3.63) is 28.7 Å². The Balaban J connectivity index is 1.69. The molecule has 24 heavy (non-hydrogen) atoms. The highest BCUT2D eigenvalue weighted by atomic mass is 79.9. The minimum absolute atomic E-state index is 0.160. The molecule has 2 heterocycles. The third-order valence-corrected chi connectivity index (χ3v) is 5.45. The van der Waals surface area contributed by atoms with Crippen LogP contribution >= 0.6 is 15.9 Å². The number of ether oxygens (including phenoxy) is 2. The predicted octanol–water partition coefficient (Wildman–Crippen LogP) is 2.17. The zero-order chi connectivity index (χ0) is 17.3. The Morgan fingerprint density at radius 2 is 2.12 bits per heavy atom. The Bertz CT molecular complexity index is 634. The summed E-state index contributed by atoms with van der Waals surface area (Å²) >= 11 is 3.35. The second kappa shape index (κ2) is 6.72. The van der Waals surface area contributed by atoms with Crippen LogP contribution in [0.5, 0.6) is 5.75 Å². The summed E-state index contributed by atoms with van der Waals surface area (Å²) < 4.78 is 12.0. The molecule has 0 aromatic heterocycles. The summed E-state index contributed by atoms with van der Waals surface area (Å²) in [6.45, 7) is 3.13. The minimum Gasteiger partial charge on any atom is -0.481 e. The Morgan fingerprint density at radius 1 is 1.42 bits per heavy atom. The van der Waals surface area contributed by atoms with Crippen LogP contribution in [0.1, 0.15) is 13.3 Å². The fourth-order valence-electron chi connectivity index (χ4n) is 3.49. The van der Waals surface area contributed by atoms with Crippen LogP contribution in [0.3, 0.4) is 0 Å². The second-order valence-electron chi connectivity index (χ2n) is 6.42. The van der Waals surface area contributed by atoms with Gasteiger partial charge in [0.15, 0.2) is 6.10 Å². The molecule has 1 aromatic rings. The first-order valence-corrected chi connectivity index (χ1v) is 8.74. The van der Waals surface area contributed by atoms with Crippen LogP contribution in [-0.4, -0.2) is 54.3 Å². The number of hydrogen-bond donors (Lipinski definition) is 1. The van der Waals surface area contributed by atoms with Crippen LogP contribution < -0.4 is 4.74 Å². The lowest BCUT2D eigenvalue weighted by Gasteiger charge is -2.33. The van der Waals surface area contributed by atoms with E-state index < -0.39 is 17.5 Å². The molecule has 130 valence electrons. The standard InChI is InChI=1S/C17H20BrNO5/c1-11(24-14-4-2-13(18)3-5-14)15(20)19-8-12-9-23-7-6-17(12,10-19)16(21)22/h2-5,11-12H,6-10H2,1H3,(H,21,22)/t11?,12-,17+/m0/s1. The van der Waals surface area contributed by atoms with Gasteiger partial charge in [-0.2, -0.15) is 0 Å². The zero-order valence-corrected chi connectivity index (χ0v) is 15.0. The number of hydrogen-bond acceptors (Lipinski definition) is 4. The van der Waals surface area contributed by atoms with Gasteiger partial charge in [-0.3, -0.25) is 9.59 Å². The fraction of sp³-hybridized carbons (Fsp3) is 0.529. The summed E-state index contributed by atoms with van der Waals surface area (Å²) in [4.78, 5) is 26.1. The van der Waals surface area contributed by atoms with Gasteiger partial charge >= 0.3 is 5.97 Å². The highest BCUT2D eigenvalue weighted by Crippen LogP contribution is 2.42. The van der Waals surface area contributed by atoms with E-state index in [0.717, 1.165) is 4.47 Å². The van der Waals surface area contributed by atoms with Crippen molar-refractivity contribution in [2.24, 2.45) is 11.3 Å². The molecule has 0 saturated carbocycles. The van der Waals surface area contributed by atoms with E-state index in [9.17, 15) is 14.7 Å². The number of aliphatic carboxylic acids is 1. The predicted molar refractivity (Wildman–Crippen MR) is 89.8 cm³/mol. The summed E-state index contributed by atoms with van der Waals surface area (Å²) in [7, 11) is 0. The summed E-state index contributed by atoms with van der Waals surface area (Å²) in [5.41, 5.74) is -0.884. The van der Waals surface area contributed by atoms with Gasteiger partial charge in [0.1, 0.15) is 5.75 Å². The number of likely N-dealkylation sites (tertiary alicyclic amines) is 1. The molecule has 7 heteroatoms. The zero-order valence-electron chi connectivity index (χ0n) is 13.4. The van der Waals surface area contributed by atoms with E-state index in [0.29, 0.717) is 31.9 Å². The molecule has 1 aromatic carbocycles. The largest absolute Gasteiger partial charge is 0.481 e. The molecule has 3 rings (SSSR count). The third-order valence-electron chi connectivity index (χ3n) is 4.92. The van der Waals surface area contributed by atoms with Gasteiger partial charge in [0, 0.05) is 30.1 Å². The summed E-state index contributed by atoms with van der Waals surface area (Å²) in [6.07, 6.45) is -0.225. The molecule has 2 fully saturated rings. The van der Waals surface area contributed by atoms with Gasteiger partial charge in [0.2, 0.25) is 0 Å². The number of rotatable bonds is 4. The van der Waals surface area contributed by atoms with Crippen molar-refractivity contribution in [2.45, 2.75) is 19.4 Å². The average Bonchev–Trinajstić information content (AvgIpc) is 2.97. The third kappa shape index (κ3) is 3.15. The quantitative estimate of drug-likeness (QED) is 0.842. The Hall–Kier alpha value is -1.60. The average molecular weight is 398 g/mol. The lowest BCUT2D eigenvalue weighted by Crippen LogP contribution is -2.45. The molecule has 1 unspecified atom stereocenters. The summed E-state index contributed by atoms with van der Waals surface area (Å²) in [5.74, 6) is -0.583. The number of halogens is 1. The molecule has 0 bridgehead atoms. The number of benzene rings is 1. The summed E-state index contributed by atoms with van der Waals surface area (Å²) in [6, 6.07) is 7.25. The molecule has 2 aliphatic heterocycles. The van der Waals surface area contributed by atoms with Crippen molar-refractivity contribution in [3.8, 4) is 5.75 Å². The lowest BCUT2D eigenvalue weighted by molar-refractivity contribution is -0.157. The fourth-order valence-corrected chi connectivity index (χ4v) is 3.76. The molecule has 2 saturated heterocycles. The molecule has 2 aliphatic rings. The number of carboxylic acid groups (broad SMARTS) is 1. The van der Waals surface area contributed by atoms with E-state index in [4.69, 9.17) is 9.47 Å². The first-order valence-electron chi connectivity index (χ1n) is 7.94. The van der Waals surface area contributed by atoms with Crippen LogP contribution in [0.25, 0.3) is 0 Å². The van der Waals surface area contributed by atoms with Gasteiger partial charge in [0.05, 0.1) is 12.0 Å². The van der Waals surface area contributed by atoms with E-state index in [1.165, 1.54) is 0 Å². The number of amides is 1. The normalized spacial score (nSPS) is 27.4. The van der Waals surface area contributed by atoms with E-state index in [-0.39, 0.29) is 18.4 Å². The molecule has 0 aliphatic carbocycles. The molecule has 3 atom stereocenters. The smallest absolute Gasteiger partial charge is 0.311 e. The first-order chi connectivity index (χ1) is 11.4. The molecule has 6 nitrogen and oxygen atoms in total. The van der Waals surface area contributed by atoms with Gasteiger partial charge in [-0.25, -0.2) is 0 Å². The molecule has 1 amide bonds. The number of carbonyl (C=O) groups excluding carboxylic acids is 1. The van der Waals surface area contributed by atoms with Crippen LogP contribution in [0.4, 0.5) is 0 Å². The SMILES string of the molecule is CC(Oc1ccc(Br)cc1)C(=O)N1C[C@H]2COCC[C@@]2(C(=O)O)C1. The van der Waals surface area contributed by atoms with E-state index >= 15 is 0 Å². The topological polar surface area (TPSA) is 76.1 Å². The van der Waals surface area contributed by atoms with Gasteiger partial charge in [-0.1, -0.05) is 15.9 Å². The number of fused-ring (bicyclic) bond motifs is 1. The second-order valence-corrected chi connectivity index (χ2v) is 7.33. The van der Waals surface area contributed by atoms with Crippen molar-refractivity contribution < 1.29 is 24.2 Å². The van der Waals surface area contributed by atoms with Gasteiger partial charge < -0.3 is 19.5 Å². The van der Waals surface area contributed by atoms with Crippen LogP contribution in [-0.2, 0) is 14.3 Å². The van der Waals surface area contributed by atoms with Crippen LogP contribution in [0, 0.1) is 11.3 Å². The molecular formula is C17H20BrNO5. The molecule has 1 N–H and O–H groups in total. The van der Waals surface area contributed by atoms with E-state index in [1.54, 1.807) is 24.0 Å². The Kier molecular flexibility index (Phi) is 4.83. The molecule has 0 spiro atoms. The van der Waals surface area contributed by atoms with E-state index in [2.05, 4.69) is 15.9 Å². The number of nitrogens with zero attached hydrogens (tertiary/aromatic N) is 1. The van der Waals surface area contributed by atoms with Crippen LogP contribution in [0.15, 0.2) is 28.7 Å². The van der Waals surface area contributed by atoms with Gasteiger partial charge in [0.25, 0.3) is 5.91 Å². The van der Waals surface area contributed by atoms with Crippen molar-refractivity contribution in [1.29, 1.82) is 0 Å².